The lowest BCUT2D eigenvalue weighted by Gasteiger charge is -2.01. The smallest absolute Gasteiger partial charge is 0.235 e. The van der Waals surface area contributed by atoms with Crippen molar-refractivity contribution in [1.82, 2.24) is 19.8 Å². The van der Waals surface area contributed by atoms with Crippen LogP contribution in [0.5, 0.6) is 0 Å². The van der Waals surface area contributed by atoms with Crippen LogP contribution in [-0.2, 0) is 0 Å². The molecule has 1 aromatic carbocycles. The number of fused-ring (bicyclic) bond motifs is 1. The zero-order valence-corrected chi connectivity index (χ0v) is 15.2. The molecule has 0 saturated carbocycles. The number of nitrogens with zero attached hydrogens (tertiary/aromatic N) is 4. The van der Waals surface area contributed by atoms with E-state index in [0.29, 0.717) is 43.1 Å². The van der Waals surface area contributed by atoms with Gasteiger partial charge in [0.25, 0.3) is 0 Å². The van der Waals surface area contributed by atoms with Gasteiger partial charge >= 0.3 is 0 Å². The van der Waals surface area contributed by atoms with Crippen LogP contribution in [0, 0.1) is 0 Å². The van der Waals surface area contributed by atoms with Gasteiger partial charge in [0, 0.05) is 10.6 Å². The molecule has 0 unspecified atom stereocenters. The van der Waals surface area contributed by atoms with E-state index in [1.165, 1.54) is 11.3 Å². The molecule has 6 nitrogen and oxygen atoms in total. The molecular formula is C17H8Cl2N4O2S. The highest BCUT2D eigenvalue weighted by Gasteiger charge is 2.18. The summed E-state index contributed by atoms with van der Waals surface area (Å²) in [7, 11) is 0. The second-order valence-electron chi connectivity index (χ2n) is 5.39. The highest BCUT2D eigenvalue weighted by molar-refractivity contribution is 7.19. The van der Waals surface area contributed by atoms with Crippen molar-refractivity contribution in [1.29, 1.82) is 0 Å². The summed E-state index contributed by atoms with van der Waals surface area (Å²) in [6.07, 6.45) is 1.58. The van der Waals surface area contributed by atoms with Gasteiger partial charge in [0.2, 0.25) is 10.8 Å². The molecule has 0 atom stereocenters. The number of benzene rings is 1. The summed E-state index contributed by atoms with van der Waals surface area (Å²) in [5, 5.41) is 14.6. The van der Waals surface area contributed by atoms with Crippen LogP contribution in [0.2, 0.25) is 10.0 Å². The molecule has 4 heterocycles. The van der Waals surface area contributed by atoms with Crippen molar-refractivity contribution in [2.24, 2.45) is 0 Å². The van der Waals surface area contributed by atoms with Crippen LogP contribution in [0.1, 0.15) is 0 Å². The third-order valence-corrected chi connectivity index (χ3v) is 5.22. The summed E-state index contributed by atoms with van der Waals surface area (Å²) in [5.74, 6) is 2.36. The number of furan rings is 2. The van der Waals surface area contributed by atoms with Gasteiger partial charge in [0.05, 0.1) is 11.3 Å². The quantitative estimate of drug-likeness (QED) is 0.388. The fourth-order valence-electron chi connectivity index (χ4n) is 2.56. The van der Waals surface area contributed by atoms with Crippen LogP contribution >= 0.6 is 34.5 Å². The van der Waals surface area contributed by atoms with Crippen LogP contribution in [0.15, 0.2) is 57.6 Å². The Morgan fingerprint density at radius 3 is 2.69 bits per heavy atom. The highest BCUT2D eigenvalue weighted by atomic mass is 35.5. The van der Waals surface area contributed by atoms with Crippen LogP contribution in [-0.4, -0.2) is 19.8 Å². The van der Waals surface area contributed by atoms with Crippen molar-refractivity contribution in [2.45, 2.75) is 0 Å². The van der Waals surface area contributed by atoms with E-state index >= 15 is 0 Å². The average molecular weight is 403 g/mol. The maximum Gasteiger partial charge on any atom is 0.235 e. The number of rotatable bonds is 3. The van der Waals surface area contributed by atoms with E-state index in [1.807, 2.05) is 18.2 Å². The van der Waals surface area contributed by atoms with Gasteiger partial charge in [0.15, 0.2) is 16.5 Å². The molecule has 0 fully saturated rings. The zero-order chi connectivity index (χ0) is 17.7. The van der Waals surface area contributed by atoms with E-state index < -0.39 is 0 Å². The molecule has 4 aromatic heterocycles. The Balaban J connectivity index is 1.57. The molecule has 26 heavy (non-hydrogen) atoms. The lowest BCUT2D eigenvalue weighted by atomic mass is 10.2. The summed E-state index contributed by atoms with van der Waals surface area (Å²) in [6, 6.07) is 12.5. The van der Waals surface area contributed by atoms with Crippen LogP contribution < -0.4 is 0 Å². The Hall–Kier alpha value is -2.61. The largest absolute Gasteiger partial charge is 0.461 e. The molecule has 5 aromatic rings. The normalized spacial score (nSPS) is 11.5. The molecule has 0 spiro atoms. The van der Waals surface area contributed by atoms with Crippen molar-refractivity contribution in [3.8, 4) is 33.7 Å². The molecule has 0 radical (unpaired) electrons. The molecular weight excluding hydrogens is 395 g/mol. The monoisotopic (exact) mass is 402 g/mol. The molecule has 128 valence electrons. The number of hydrogen-bond donors (Lipinski definition) is 0. The van der Waals surface area contributed by atoms with Gasteiger partial charge in [-0.25, -0.2) is 0 Å². The first-order valence-corrected chi connectivity index (χ1v) is 9.08. The van der Waals surface area contributed by atoms with Gasteiger partial charge in [-0.3, -0.25) is 0 Å². The summed E-state index contributed by atoms with van der Waals surface area (Å²) in [4.78, 5) is 0.644. The minimum absolute atomic E-state index is 0.539. The molecule has 0 saturated heterocycles. The average Bonchev–Trinajstić information content (AvgIpc) is 3.40. The van der Waals surface area contributed by atoms with Crippen molar-refractivity contribution in [3.05, 3.63) is 58.8 Å². The van der Waals surface area contributed by atoms with E-state index in [1.54, 1.807) is 35.0 Å². The van der Waals surface area contributed by atoms with Crippen LogP contribution in [0.3, 0.4) is 0 Å². The lowest BCUT2D eigenvalue weighted by molar-refractivity contribution is 0.574. The first-order valence-electron chi connectivity index (χ1n) is 7.51. The van der Waals surface area contributed by atoms with Crippen molar-refractivity contribution >= 4 is 39.5 Å². The van der Waals surface area contributed by atoms with Gasteiger partial charge in [-0.05, 0) is 42.5 Å². The Bertz CT molecular complexity index is 1220. The molecule has 0 amide bonds. The standard InChI is InChI=1S/C17H8Cl2N4O2S/c18-9-3-4-11(19)10(8-9)12-5-6-14(25-12)16-22-23-15(13-2-1-7-24-13)20-21-17(23)26-16/h1-8H. The minimum Gasteiger partial charge on any atom is -0.461 e. The second-order valence-corrected chi connectivity index (χ2v) is 7.19. The minimum atomic E-state index is 0.539. The van der Waals surface area contributed by atoms with Gasteiger partial charge in [-0.1, -0.05) is 34.5 Å². The molecule has 0 bridgehead atoms. The topological polar surface area (TPSA) is 69.4 Å². The summed E-state index contributed by atoms with van der Waals surface area (Å²) in [6.45, 7) is 0. The van der Waals surface area contributed by atoms with E-state index in [4.69, 9.17) is 32.0 Å². The van der Waals surface area contributed by atoms with Crippen LogP contribution in [0.4, 0.5) is 0 Å². The summed E-state index contributed by atoms with van der Waals surface area (Å²) >= 11 is 13.7. The second kappa shape index (κ2) is 5.98. The number of halogens is 2. The molecule has 9 heteroatoms. The lowest BCUT2D eigenvalue weighted by Crippen LogP contribution is -1.89. The first-order chi connectivity index (χ1) is 12.7. The Kier molecular flexibility index (Phi) is 3.59. The van der Waals surface area contributed by atoms with Gasteiger partial charge in [-0.15, -0.1) is 15.3 Å². The van der Waals surface area contributed by atoms with E-state index in [-0.39, 0.29) is 0 Å². The Morgan fingerprint density at radius 1 is 0.962 bits per heavy atom. The summed E-state index contributed by atoms with van der Waals surface area (Å²) in [5.41, 5.74) is 0.727. The molecule has 5 rings (SSSR count). The fraction of sp³-hybridized carbons (Fsp3) is 0. The number of aromatic nitrogens is 4. The highest BCUT2D eigenvalue weighted by Crippen LogP contribution is 2.36. The predicted molar refractivity (Wildman–Crippen MR) is 99.5 cm³/mol. The first kappa shape index (κ1) is 15.6. The van der Waals surface area contributed by atoms with E-state index in [0.717, 1.165) is 5.56 Å². The van der Waals surface area contributed by atoms with Crippen molar-refractivity contribution < 1.29 is 8.83 Å². The van der Waals surface area contributed by atoms with E-state index in [2.05, 4.69) is 15.3 Å². The van der Waals surface area contributed by atoms with E-state index in [9.17, 15) is 0 Å². The Morgan fingerprint density at radius 2 is 1.85 bits per heavy atom. The van der Waals surface area contributed by atoms with Crippen LogP contribution in [0.25, 0.3) is 38.6 Å². The third-order valence-electron chi connectivity index (χ3n) is 3.74. The van der Waals surface area contributed by atoms with Crippen molar-refractivity contribution in [2.75, 3.05) is 0 Å². The predicted octanol–water partition coefficient (Wildman–Crippen LogP) is 5.68. The fourth-order valence-corrected chi connectivity index (χ4v) is 3.74. The molecule has 0 aliphatic carbocycles. The van der Waals surface area contributed by atoms with Gasteiger partial charge in [0.1, 0.15) is 5.76 Å². The summed E-state index contributed by atoms with van der Waals surface area (Å²) < 4.78 is 13.0. The number of hydrogen-bond acceptors (Lipinski definition) is 6. The molecule has 0 N–H and O–H groups in total. The Labute approximate surface area is 160 Å². The molecule has 0 aliphatic heterocycles. The maximum absolute atomic E-state index is 6.25. The SMILES string of the molecule is Clc1ccc(Cl)c(-c2ccc(-c3nn4c(-c5ccco5)nnc4s3)o2)c1. The van der Waals surface area contributed by atoms with Gasteiger partial charge < -0.3 is 8.83 Å². The zero-order valence-electron chi connectivity index (χ0n) is 12.9. The molecule has 0 aliphatic rings. The van der Waals surface area contributed by atoms with Crippen molar-refractivity contribution in [3.63, 3.8) is 0 Å². The van der Waals surface area contributed by atoms with Gasteiger partial charge in [-0.2, -0.15) is 4.52 Å². The maximum atomic E-state index is 6.25. The third kappa shape index (κ3) is 2.52.